The maximum atomic E-state index is 13.7. The van der Waals surface area contributed by atoms with Crippen molar-refractivity contribution >= 4 is 26.3 Å². The Labute approximate surface area is 321 Å². The summed E-state index contributed by atoms with van der Waals surface area (Å²) >= 11 is 0. The van der Waals surface area contributed by atoms with Crippen molar-refractivity contribution in [3.05, 3.63) is 36.0 Å². The van der Waals surface area contributed by atoms with E-state index in [-0.39, 0.29) is 41.7 Å². The number of piperazine rings is 1. The predicted octanol–water partition coefficient (Wildman–Crippen LogP) is 8.35. The van der Waals surface area contributed by atoms with Crippen LogP contribution in [-0.2, 0) is 28.2 Å². The number of aliphatic hydroxyl groups is 1. The lowest BCUT2D eigenvalue weighted by Crippen LogP contribution is -2.53. The first-order valence-electron chi connectivity index (χ1n) is 20.2. The highest BCUT2D eigenvalue weighted by Crippen LogP contribution is 2.39. The van der Waals surface area contributed by atoms with Gasteiger partial charge in [0.05, 0.1) is 19.6 Å². The van der Waals surface area contributed by atoms with Gasteiger partial charge in [0.2, 0.25) is 0 Å². The summed E-state index contributed by atoms with van der Waals surface area (Å²) in [6.07, 6.45) is 16.5. The molecule has 1 saturated heterocycles. The molecular formula is C42H72N2O8Si. The van der Waals surface area contributed by atoms with Crippen molar-refractivity contribution in [1.29, 1.82) is 0 Å². The van der Waals surface area contributed by atoms with Gasteiger partial charge in [0.15, 0.2) is 14.4 Å². The van der Waals surface area contributed by atoms with Gasteiger partial charge in [0, 0.05) is 44.6 Å². The van der Waals surface area contributed by atoms with Gasteiger partial charge < -0.3 is 28.6 Å². The van der Waals surface area contributed by atoms with Gasteiger partial charge in [-0.25, -0.2) is 4.79 Å². The van der Waals surface area contributed by atoms with E-state index in [0.29, 0.717) is 38.4 Å². The van der Waals surface area contributed by atoms with E-state index in [2.05, 4.69) is 38.8 Å². The maximum absolute atomic E-state index is 13.7. The quantitative estimate of drug-likeness (QED) is 0.0586. The second-order valence-electron chi connectivity index (χ2n) is 17.6. The van der Waals surface area contributed by atoms with Gasteiger partial charge in [0.1, 0.15) is 11.7 Å². The van der Waals surface area contributed by atoms with Crippen LogP contribution in [0.25, 0.3) is 0 Å². The highest BCUT2D eigenvalue weighted by molar-refractivity contribution is 6.74. The standard InChI is InChI=1S/C42H72N2O8Si/c1-31(20-23-37(45)49-8)16-15-17-32(2)39-33(3)21-22-36(50-40(47)44-28-26-43(27-29-44)34-18-13-11-12-14-19-34)42(7,48)25-24-35(30-38(46)51-39)52-53(9,10)41(4,5)6/h15-17,21-22,31,33-36,39,48H,11-14,18-20,23-30H2,1-10H3/b16-15+,22-21+,32-17+/t31-,33+,35-,36+,39-,42-/m1/s1. The number of carbonyl (C=O) groups excluding carboxylic acids is 3. The number of amides is 1. The Balaban J connectivity index is 1.85. The molecule has 0 aromatic carbocycles. The number of hydrogen-bond donors (Lipinski definition) is 1. The van der Waals surface area contributed by atoms with Crippen LogP contribution in [0.1, 0.15) is 119 Å². The highest BCUT2D eigenvalue weighted by Gasteiger charge is 2.42. The molecule has 2 aliphatic heterocycles. The number of rotatable bonds is 10. The Morgan fingerprint density at radius 3 is 2.32 bits per heavy atom. The Bertz CT molecular complexity index is 1270. The summed E-state index contributed by atoms with van der Waals surface area (Å²) in [5.74, 6) is -0.725. The number of esters is 2. The molecule has 0 radical (unpaired) electrons. The van der Waals surface area contributed by atoms with Crippen molar-refractivity contribution in [2.75, 3.05) is 33.3 Å². The van der Waals surface area contributed by atoms with Crippen LogP contribution in [0.15, 0.2) is 36.0 Å². The second kappa shape index (κ2) is 20.4. The molecule has 10 nitrogen and oxygen atoms in total. The molecule has 0 aromatic heterocycles. The van der Waals surface area contributed by atoms with Gasteiger partial charge in [-0.05, 0) is 81.7 Å². The fourth-order valence-corrected chi connectivity index (χ4v) is 8.63. The minimum Gasteiger partial charge on any atom is -0.469 e. The van der Waals surface area contributed by atoms with E-state index in [9.17, 15) is 19.5 Å². The van der Waals surface area contributed by atoms with Crippen LogP contribution >= 0.6 is 0 Å². The summed E-state index contributed by atoms with van der Waals surface area (Å²) in [7, 11) is -0.899. The minimum atomic E-state index is -2.29. The number of hydrogen-bond acceptors (Lipinski definition) is 9. The van der Waals surface area contributed by atoms with Crippen molar-refractivity contribution in [3.63, 3.8) is 0 Å². The molecule has 1 amide bonds. The summed E-state index contributed by atoms with van der Waals surface area (Å²) in [5.41, 5.74) is -0.562. The first kappa shape index (κ1) is 44.9. The molecule has 1 saturated carbocycles. The van der Waals surface area contributed by atoms with E-state index in [1.165, 1.54) is 45.6 Å². The van der Waals surface area contributed by atoms with Crippen molar-refractivity contribution in [2.24, 2.45) is 11.8 Å². The molecule has 3 rings (SSSR count). The zero-order valence-electron chi connectivity index (χ0n) is 34.7. The average Bonchev–Trinajstić information content (AvgIpc) is 3.39. The summed E-state index contributed by atoms with van der Waals surface area (Å²) in [4.78, 5) is 43.2. The molecule has 302 valence electrons. The summed E-state index contributed by atoms with van der Waals surface area (Å²) in [6.45, 7) is 21.3. The Morgan fingerprint density at radius 1 is 1.08 bits per heavy atom. The molecule has 0 aromatic rings. The third-order valence-electron chi connectivity index (χ3n) is 12.0. The molecule has 3 aliphatic rings. The van der Waals surface area contributed by atoms with E-state index in [4.69, 9.17) is 18.6 Å². The van der Waals surface area contributed by atoms with Crippen LogP contribution in [0, 0.1) is 11.8 Å². The molecule has 0 unspecified atom stereocenters. The second-order valence-corrected chi connectivity index (χ2v) is 22.4. The summed E-state index contributed by atoms with van der Waals surface area (Å²) in [6, 6.07) is 0.596. The van der Waals surface area contributed by atoms with E-state index < -0.39 is 38.3 Å². The molecule has 11 heteroatoms. The largest absolute Gasteiger partial charge is 0.469 e. The normalized spacial score (nSPS) is 29.4. The van der Waals surface area contributed by atoms with Gasteiger partial charge in [-0.15, -0.1) is 0 Å². The number of carbonyl (C=O) groups is 3. The fraction of sp³-hybridized carbons (Fsp3) is 0.786. The van der Waals surface area contributed by atoms with Crippen LogP contribution in [-0.4, -0.2) is 104 Å². The zero-order chi connectivity index (χ0) is 39.4. The van der Waals surface area contributed by atoms with Crippen LogP contribution in [0.5, 0.6) is 0 Å². The van der Waals surface area contributed by atoms with E-state index >= 15 is 0 Å². The van der Waals surface area contributed by atoms with Gasteiger partial charge in [0.25, 0.3) is 0 Å². The number of ether oxygens (including phenoxy) is 3. The van der Waals surface area contributed by atoms with Crippen molar-refractivity contribution < 1.29 is 38.1 Å². The SMILES string of the molecule is COC(=O)CC[C@H](C)/C=C/C=C(\C)[C@H]1OC(=O)C[C@H](O[Si](C)(C)C(C)(C)C)CC[C@@](C)(O)[C@@H](OC(=O)N2CCN(C3CCCCCC3)CC2)/C=C/[C@@H]1C. The van der Waals surface area contributed by atoms with Gasteiger partial charge in [-0.3, -0.25) is 14.5 Å². The van der Waals surface area contributed by atoms with Gasteiger partial charge in [-0.2, -0.15) is 0 Å². The lowest BCUT2D eigenvalue weighted by Gasteiger charge is -2.41. The lowest BCUT2D eigenvalue weighted by atomic mass is 9.88. The monoisotopic (exact) mass is 761 g/mol. The number of cyclic esters (lactones) is 1. The molecular weight excluding hydrogens is 689 g/mol. The molecule has 2 fully saturated rings. The van der Waals surface area contributed by atoms with Crippen molar-refractivity contribution in [1.82, 2.24) is 9.80 Å². The smallest absolute Gasteiger partial charge is 0.410 e. The van der Waals surface area contributed by atoms with E-state index in [0.717, 1.165) is 18.7 Å². The number of allylic oxidation sites excluding steroid dienone is 3. The number of nitrogens with zero attached hydrogens (tertiary/aromatic N) is 2. The molecule has 6 atom stereocenters. The first-order valence-corrected chi connectivity index (χ1v) is 23.1. The molecule has 53 heavy (non-hydrogen) atoms. The minimum absolute atomic E-state index is 0.0545. The molecule has 1 aliphatic carbocycles. The Kier molecular flexibility index (Phi) is 17.3. The van der Waals surface area contributed by atoms with Crippen LogP contribution in [0.2, 0.25) is 18.1 Å². The third kappa shape index (κ3) is 14.3. The molecule has 0 spiro atoms. The fourth-order valence-electron chi connectivity index (χ4n) is 7.24. The van der Waals surface area contributed by atoms with Gasteiger partial charge >= 0.3 is 18.0 Å². The van der Waals surface area contributed by atoms with Crippen molar-refractivity contribution in [2.45, 2.75) is 167 Å². The Hall–Kier alpha value is -2.47. The molecule has 2 heterocycles. The van der Waals surface area contributed by atoms with Crippen LogP contribution in [0.3, 0.4) is 0 Å². The van der Waals surface area contributed by atoms with Crippen LogP contribution < -0.4 is 0 Å². The highest BCUT2D eigenvalue weighted by atomic mass is 28.4. The first-order chi connectivity index (χ1) is 24.8. The number of methoxy groups -OCH3 is 1. The lowest BCUT2D eigenvalue weighted by molar-refractivity contribution is -0.151. The van der Waals surface area contributed by atoms with Gasteiger partial charge in [-0.1, -0.05) is 84.6 Å². The summed E-state index contributed by atoms with van der Waals surface area (Å²) in [5, 5.41) is 11.9. The summed E-state index contributed by atoms with van der Waals surface area (Å²) < 4.78 is 23.9. The zero-order valence-corrected chi connectivity index (χ0v) is 35.7. The predicted molar refractivity (Wildman–Crippen MR) is 213 cm³/mol. The maximum Gasteiger partial charge on any atom is 0.410 e. The topological polar surface area (TPSA) is 115 Å². The van der Waals surface area contributed by atoms with Crippen molar-refractivity contribution in [3.8, 4) is 0 Å². The Morgan fingerprint density at radius 2 is 1.72 bits per heavy atom. The van der Waals surface area contributed by atoms with E-state index in [1.54, 1.807) is 17.9 Å². The van der Waals surface area contributed by atoms with E-state index in [1.807, 2.05) is 45.1 Å². The molecule has 0 bridgehead atoms. The molecule has 1 N–H and O–H groups in total. The van der Waals surface area contributed by atoms with Crippen LogP contribution in [0.4, 0.5) is 4.79 Å². The third-order valence-corrected chi connectivity index (χ3v) is 16.5. The average molecular weight is 761 g/mol.